The zero-order chi connectivity index (χ0) is 16.8. The first-order valence-corrected chi connectivity index (χ1v) is 8.24. The summed E-state index contributed by atoms with van der Waals surface area (Å²) in [5.74, 6) is 0.724. The average molecular weight is 329 g/mol. The van der Waals surface area contributed by atoms with E-state index in [1.54, 1.807) is 6.07 Å². The fraction of sp³-hybridized carbons (Fsp3) is 0.444. The molecule has 1 aliphatic rings. The molecule has 0 atom stereocenters. The fourth-order valence-electron chi connectivity index (χ4n) is 2.95. The van der Waals surface area contributed by atoms with E-state index in [1.807, 2.05) is 30.6 Å². The van der Waals surface area contributed by atoms with Crippen LogP contribution in [0.2, 0.25) is 0 Å². The summed E-state index contributed by atoms with van der Waals surface area (Å²) in [5.41, 5.74) is 1.54. The molecule has 0 unspecified atom stereocenters. The van der Waals surface area contributed by atoms with Crippen molar-refractivity contribution in [3.05, 3.63) is 53.6 Å². The van der Waals surface area contributed by atoms with Crippen LogP contribution in [0.15, 0.2) is 36.7 Å². The number of hydrogen-bond acceptors (Lipinski definition) is 5. The number of hydrogen-bond donors (Lipinski definition) is 0. The molecule has 1 fully saturated rings. The van der Waals surface area contributed by atoms with Gasteiger partial charge < -0.3 is 14.0 Å². The summed E-state index contributed by atoms with van der Waals surface area (Å²) in [6.45, 7) is 5.16. The third-order valence-electron chi connectivity index (χ3n) is 4.32. The third kappa shape index (κ3) is 4.01. The van der Waals surface area contributed by atoms with E-state index in [0.29, 0.717) is 12.1 Å². The summed E-state index contributed by atoms with van der Waals surface area (Å²) in [7, 11) is 1.41. The van der Waals surface area contributed by atoms with Gasteiger partial charge in [0.25, 0.3) is 0 Å². The molecule has 6 heteroatoms. The predicted octanol–water partition coefficient (Wildman–Crippen LogP) is 1.59. The number of nitrogens with zero attached hydrogens (tertiary/aromatic N) is 3. The van der Waals surface area contributed by atoms with E-state index in [4.69, 9.17) is 9.47 Å². The van der Waals surface area contributed by atoms with E-state index >= 15 is 0 Å². The first-order valence-electron chi connectivity index (χ1n) is 8.24. The Morgan fingerprint density at radius 3 is 2.88 bits per heavy atom. The number of esters is 1. The molecule has 0 aliphatic carbocycles. The van der Waals surface area contributed by atoms with Crippen molar-refractivity contribution in [1.29, 1.82) is 0 Å². The molecule has 0 N–H and O–H groups in total. The highest BCUT2D eigenvalue weighted by Gasteiger charge is 2.14. The molecule has 24 heavy (non-hydrogen) atoms. The molecule has 3 rings (SSSR count). The van der Waals surface area contributed by atoms with Crippen LogP contribution in [0, 0.1) is 0 Å². The largest absolute Gasteiger partial charge is 0.465 e. The highest BCUT2D eigenvalue weighted by molar-refractivity contribution is 5.90. The summed E-state index contributed by atoms with van der Waals surface area (Å²) < 4.78 is 12.3. The Hall–Kier alpha value is -2.18. The molecule has 1 aromatic heterocycles. The van der Waals surface area contributed by atoms with Crippen LogP contribution in [0.5, 0.6) is 0 Å². The second-order valence-corrected chi connectivity index (χ2v) is 5.82. The molecule has 128 valence electrons. The number of carbonyl (C=O) groups is 1. The van der Waals surface area contributed by atoms with Gasteiger partial charge in [-0.25, -0.2) is 9.78 Å². The summed E-state index contributed by atoms with van der Waals surface area (Å²) in [4.78, 5) is 18.8. The summed E-state index contributed by atoms with van der Waals surface area (Å²) in [6.07, 6.45) is 4.66. The maximum absolute atomic E-state index is 11.9. The topological polar surface area (TPSA) is 56.6 Å². The van der Waals surface area contributed by atoms with Gasteiger partial charge in [-0.05, 0) is 11.6 Å². The van der Waals surface area contributed by atoms with Crippen LogP contribution in [0.1, 0.15) is 21.7 Å². The van der Waals surface area contributed by atoms with E-state index in [1.165, 1.54) is 7.11 Å². The quantitative estimate of drug-likeness (QED) is 0.754. The van der Waals surface area contributed by atoms with Crippen LogP contribution in [-0.2, 0) is 22.4 Å². The minimum Gasteiger partial charge on any atom is -0.465 e. The van der Waals surface area contributed by atoms with Crippen LogP contribution in [0.3, 0.4) is 0 Å². The molecule has 0 spiro atoms. The lowest BCUT2D eigenvalue weighted by molar-refractivity contribution is 0.0381. The number of ether oxygens (including phenoxy) is 2. The Bertz CT molecular complexity index is 678. The molecule has 2 aromatic rings. The molecule has 1 aliphatic heterocycles. The van der Waals surface area contributed by atoms with Crippen LogP contribution in [-0.4, -0.2) is 60.4 Å². The standard InChI is InChI=1S/C18H23N3O3/c1-23-18(22)16-5-3-2-4-15(16)14-21-9-7-19-17(21)6-8-20-10-12-24-13-11-20/h2-5,7,9H,6,8,10-14H2,1H3. The van der Waals surface area contributed by atoms with Gasteiger partial charge >= 0.3 is 5.97 Å². The van der Waals surface area contributed by atoms with Gasteiger partial charge in [-0.2, -0.15) is 0 Å². The highest BCUT2D eigenvalue weighted by Crippen LogP contribution is 2.13. The van der Waals surface area contributed by atoms with Crippen LogP contribution in [0.25, 0.3) is 0 Å². The first kappa shape index (κ1) is 16.7. The second kappa shape index (κ2) is 8.08. The number of morpholine rings is 1. The smallest absolute Gasteiger partial charge is 0.338 e. The Morgan fingerprint density at radius 2 is 2.08 bits per heavy atom. The van der Waals surface area contributed by atoms with Gasteiger partial charge in [-0.15, -0.1) is 0 Å². The maximum atomic E-state index is 11.9. The molecule has 1 saturated heterocycles. The van der Waals surface area contributed by atoms with Crippen molar-refractivity contribution in [2.45, 2.75) is 13.0 Å². The lowest BCUT2D eigenvalue weighted by Crippen LogP contribution is -2.37. The minimum absolute atomic E-state index is 0.305. The van der Waals surface area contributed by atoms with Gasteiger partial charge in [-0.3, -0.25) is 4.90 Å². The normalized spacial score (nSPS) is 15.4. The molecule has 0 bridgehead atoms. The molecule has 6 nitrogen and oxygen atoms in total. The first-order chi connectivity index (χ1) is 11.8. The molecule has 0 radical (unpaired) electrons. The van der Waals surface area contributed by atoms with Gasteiger partial charge in [0.05, 0.1) is 25.9 Å². The molecular formula is C18H23N3O3. The third-order valence-corrected chi connectivity index (χ3v) is 4.32. The van der Waals surface area contributed by atoms with Gasteiger partial charge in [-0.1, -0.05) is 18.2 Å². The molecule has 1 aromatic carbocycles. The van der Waals surface area contributed by atoms with Crippen LogP contribution in [0.4, 0.5) is 0 Å². The summed E-state index contributed by atoms with van der Waals surface area (Å²) >= 11 is 0. The van der Waals surface area contributed by atoms with E-state index in [9.17, 15) is 4.79 Å². The number of benzene rings is 1. The maximum Gasteiger partial charge on any atom is 0.338 e. The summed E-state index contributed by atoms with van der Waals surface area (Å²) in [6, 6.07) is 7.54. The van der Waals surface area contributed by atoms with Gasteiger partial charge in [0, 0.05) is 45.0 Å². The van der Waals surface area contributed by atoms with Crippen molar-refractivity contribution in [3.8, 4) is 0 Å². The Balaban J connectivity index is 1.68. The van der Waals surface area contributed by atoms with Crippen molar-refractivity contribution in [3.63, 3.8) is 0 Å². The van der Waals surface area contributed by atoms with Crippen molar-refractivity contribution >= 4 is 5.97 Å². The zero-order valence-electron chi connectivity index (χ0n) is 14.0. The fourth-order valence-corrected chi connectivity index (χ4v) is 2.95. The predicted molar refractivity (Wildman–Crippen MR) is 90.1 cm³/mol. The number of rotatable bonds is 6. The zero-order valence-corrected chi connectivity index (χ0v) is 14.0. The number of methoxy groups -OCH3 is 1. The molecule has 0 amide bonds. The Labute approximate surface area is 142 Å². The van der Waals surface area contributed by atoms with Gasteiger partial charge in [0.1, 0.15) is 5.82 Å². The van der Waals surface area contributed by atoms with E-state index in [2.05, 4.69) is 14.5 Å². The van der Waals surface area contributed by atoms with E-state index < -0.39 is 0 Å². The van der Waals surface area contributed by atoms with Gasteiger partial charge in [0.15, 0.2) is 0 Å². The number of aromatic nitrogens is 2. The molecule has 2 heterocycles. The Kier molecular flexibility index (Phi) is 5.61. The van der Waals surface area contributed by atoms with Crippen LogP contribution < -0.4 is 0 Å². The van der Waals surface area contributed by atoms with Crippen molar-refractivity contribution < 1.29 is 14.3 Å². The lowest BCUT2D eigenvalue weighted by atomic mass is 10.1. The second-order valence-electron chi connectivity index (χ2n) is 5.82. The molecule has 0 saturated carbocycles. The lowest BCUT2D eigenvalue weighted by Gasteiger charge is -2.26. The number of carbonyl (C=O) groups excluding carboxylic acids is 1. The number of imidazole rings is 1. The van der Waals surface area contributed by atoms with Crippen molar-refractivity contribution in [2.75, 3.05) is 40.0 Å². The van der Waals surface area contributed by atoms with Gasteiger partial charge in [0.2, 0.25) is 0 Å². The summed E-state index contributed by atoms with van der Waals surface area (Å²) in [5, 5.41) is 0. The monoisotopic (exact) mass is 329 g/mol. The minimum atomic E-state index is -0.305. The average Bonchev–Trinajstić information content (AvgIpc) is 3.08. The SMILES string of the molecule is COC(=O)c1ccccc1Cn1ccnc1CCN1CCOCC1. The van der Waals surface area contributed by atoms with E-state index in [0.717, 1.165) is 50.7 Å². The molecular weight excluding hydrogens is 306 g/mol. The van der Waals surface area contributed by atoms with Crippen molar-refractivity contribution in [2.24, 2.45) is 0 Å². The van der Waals surface area contributed by atoms with Crippen LogP contribution >= 0.6 is 0 Å². The van der Waals surface area contributed by atoms with Crippen molar-refractivity contribution in [1.82, 2.24) is 14.5 Å². The van der Waals surface area contributed by atoms with E-state index in [-0.39, 0.29) is 5.97 Å². The highest BCUT2D eigenvalue weighted by atomic mass is 16.5. The Morgan fingerprint density at radius 1 is 1.29 bits per heavy atom.